The van der Waals surface area contributed by atoms with E-state index < -0.39 is 24.6 Å². The van der Waals surface area contributed by atoms with Crippen LogP contribution in [0.2, 0.25) is 0 Å². The molecule has 0 saturated carbocycles. The SMILES string of the molecule is CCOC(=O)[C@@H](CCCCCCN)NC1CSc2ccccc2N(CC(=O)O)C1=O. The first-order valence-electron chi connectivity index (χ1n) is 10.4. The molecule has 30 heavy (non-hydrogen) atoms. The van der Waals surface area contributed by atoms with Crippen molar-refractivity contribution in [1.29, 1.82) is 0 Å². The fourth-order valence-electron chi connectivity index (χ4n) is 3.37. The van der Waals surface area contributed by atoms with E-state index in [0.29, 0.717) is 24.4 Å². The van der Waals surface area contributed by atoms with Gasteiger partial charge in [-0.3, -0.25) is 24.6 Å². The van der Waals surface area contributed by atoms with Gasteiger partial charge < -0.3 is 15.6 Å². The highest BCUT2D eigenvalue weighted by atomic mass is 32.2. The number of rotatable bonds is 12. The minimum absolute atomic E-state index is 0.258. The second-order valence-corrected chi connectivity index (χ2v) is 8.17. The molecule has 2 rings (SSSR count). The number of carbonyl (C=O) groups is 3. The molecule has 0 fully saturated rings. The van der Waals surface area contributed by atoms with Crippen LogP contribution < -0.4 is 16.0 Å². The normalized spacial score (nSPS) is 17.2. The van der Waals surface area contributed by atoms with Crippen LogP contribution in [0.3, 0.4) is 0 Å². The van der Waals surface area contributed by atoms with Crippen LogP contribution >= 0.6 is 11.8 Å². The zero-order valence-corrected chi connectivity index (χ0v) is 18.2. The third-order valence-electron chi connectivity index (χ3n) is 4.84. The van der Waals surface area contributed by atoms with Crippen molar-refractivity contribution in [2.45, 2.75) is 56.0 Å². The molecule has 0 saturated heterocycles. The van der Waals surface area contributed by atoms with Crippen molar-refractivity contribution in [3.8, 4) is 0 Å². The van der Waals surface area contributed by atoms with Crippen molar-refractivity contribution in [2.75, 3.05) is 30.3 Å². The first-order chi connectivity index (χ1) is 14.5. The van der Waals surface area contributed by atoms with Crippen molar-refractivity contribution >= 4 is 35.3 Å². The molecular formula is C21H31N3O5S. The molecule has 0 radical (unpaired) electrons. The minimum Gasteiger partial charge on any atom is -0.480 e. The fourth-order valence-corrected chi connectivity index (χ4v) is 4.46. The first kappa shape index (κ1) is 24.2. The molecule has 1 amide bonds. The molecule has 8 nitrogen and oxygen atoms in total. The standard InChI is InChI=1S/C21H31N3O5S/c1-2-29-21(28)15(9-5-3-4-8-12-22)23-16-14-30-18-11-7-6-10-17(18)24(20(16)27)13-19(25)26/h6-7,10-11,15-16,23H,2-5,8-9,12-14,22H2,1H3,(H,25,26)/t15-,16?/m1/s1. The van der Waals surface area contributed by atoms with Crippen LogP contribution in [0.5, 0.6) is 0 Å². The van der Waals surface area contributed by atoms with Crippen LogP contribution in [0.4, 0.5) is 5.69 Å². The molecule has 1 aromatic carbocycles. The van der Waals surface area contributed by atoms with Crippen LogP contribution in [0.25, 0.3) is 0 Å². The van der Waals surface area contributed by atoms with Crippen molar-refractivity contribution in [3.05, 3.63) is 24.3 Å². The molecule has 1 aliphatic rings. The Morgan fingerprint density at radius 2 is 2.03 bits per heavy atom. The van der Waals surface area contributed by atoms with Gasteiger partial charge in [0.25, 0.3) is 0 Å². The quantitative estimate of drug-likeness (QED) is 0.335. The van der Waals surface area contributed by atoms with Gasteiger partial charge in [-0.2, -0.15) is 0 Å². The van der Waals surface area contributed by atoms with Crippen molar-refractivity contribution in [2.24, 2.45) is 5.73 Å². The van der Waals surface area contributed by atoms with Gasteiger partial charge >= 0.3 is 11.9 Å². The Hall–Kier alpha value is -2.10. The molecule has 0 aliphatic carbocycles. The Morgan fingerprint density at radius 1 is 1.30 bits per heavy atom. The molecule has 1 unspecified atom stereocenters. The molecule has 0 bridgehead atoms. The highest BCUT2D eigenvalue weighted by molar-refractivity contribution is 7.99. The number of amides is 1. The predicted octanol–water partition coefficient (Wildman–Crippen LogP) is 2.01. The number of benzene rings is 1. The topological polar surface area (TPSA) is 122 Å². The Morgan fingerprint density at radius 3 is 2.73 bits per heavy atom. The summed E-state index contributed by atoms with van der Waals surface area (Å²) in [4.78, 5) is 39.2. The number of unbranched alkanes of at least 4 members (excludes halogenated alkanes) is 3. The molecule has 1 aliphatic heterocycles. The van der Waals surface area contributed by atoms with Crippen LogP contribution in [0.15, 0.2) is 29.2 Å². The molecule has 166 valence electrons. The number of nitrogens with two attached hydrogens (primary N) is 1. The van der Waals surface area contributed by atoms with E-state index in [0.717, 1.165) is 30.6 Å². The Balaban J connectivity index is 2.14. The summed E-state index contributed by atoms with van der Waals surface area (Å²) in [6.45, 7) is 2.22. The number of carboxylic acid groups (broad SMARTS) is 1. The maximum atomic E-state index is 13.2. The predicted molar refractivity (Wildman–Crippen MR) is 117 cm³/mol. The number of nitrogens with zero attached hydrogens (tertiary/aromatic N) is 1. The summed E-state index contributed by atoms with van der Waals surface area (Å²) in [6.07, 6.45) is 4.23. The molecule has 1 heterocycles. The number of hydrogen-bond donors (Lipinski definition) is 3. The van der Waals surface area contributed by atoms with Crippen LogP contribution in [0.1, 0.15) is 39.0 Å². The monoisotopic (exact) mass is 437 g/mol. The van der Waals surface area contributed by atoms with Gasteiger partial charge in [0.15, 0.2) is 0 Å². The number of carbonyl (C=O) groups excluding carboxylic acids is 2. The van der Waals surface area contributed by atoms with E-state index in [4.69, 9.17) is 10.5 Å². The van der Waals surface area contributed by atoms with E-state index in [2.05, 4.69) is 5.32 Å². The van der Waals surface area contributed by atoms with Gasteiger partial charge in [-0.15, -0.1) is 11.8 Å². The maximum Gasteiger partial charge on any atom is 0.323 e. The lowest BCUT2D eigenvalue weighted by molar-refractivity contribution is -0.146. The number of ether oxygens (including phenoxy) is 1. The van der Waals surface area contributed by atoms with E-state index in [-0.39, 0.29) is 18.5 Å². The van der Waals surface area contributed by atoms with Crippen molar-refractivity contribution < 1.29 is 24.2 Å². The van der Waals surface area contributed by atoms with Gasteiger partial charge in [0.05, 0.1) is 18.3 Å². The molecule has 1 aromatic rings. The lowest BCUT2D eigenvalue weighted by Crippen LogP contribution is -2.54. The van der Waals surface area contributed by atoms with Gasteiger partial charge in [-0.05, 0) is 38.4 Å². The summed E-state index contributed by atoms with van der Waals surface area (Å²) in [5.41, 5.74) is 6.10. The van der Waals surface area contributed by atoms with E-state index in [9.17, 15) is 19.5 Å². The summed E-state index contributed by atoms with van der Waals surface area (Å²) < 4.78 is 5.20. The van der Waals surface area contributed by atoms with E-state index in [1.807, 2.05) is 12.1 Å². The molecule has 4 N–H and O–H groups in total. The van der Waals surface area contributed by atoms with Crippen LogP contribution in [-0.2, 0) is 19.1 Å². The van der Waals surface area contributed by atoms with E-state index in [1.165, 1.54) is 16.7 Å². The Kier molecular flexibility index (Phi) is 10.1. The summed E-state index contributed by atoms with van der Waals surface area (Å²) in [5.74, 6) is -1.44. The zero-order valence-electron chi connectivity index (χ0n) is 17.3. The van der Waals surface area contributed by atoms with Crippen molar-refractivity contribution in [3.63, 3.8) is 0 Å². The largest absolute Gasteiger partial charge is 0.480 e. The third-order valence-corrected chi connectivity index (χ3v) is 6.00. The summed E-state index contributed by atoms with van der Waals surface area (Å²) in [6, 6.07) is 5.92. The summed E-state index contributed by atoms with van der Waals surface area (Å²) in [7, 11) is 0. The minimum atomic E-state index is -1.09. The number of fused-ring (bicyclic) bond motifs is 1. The van der Waals surface area contributed by atoms with Gasteiger partial charge in [-0.1, -0.05) is 31.4 Å². The second kappa shape index (κ2) is 12.6. The van der Waals surface area contributed by atoms with E-state index >= 15 is 0 Å². The van der Waals surface area contributed by atoms with Gasteiger partial charge in [0.1, 0.15) is 12.6 Å². The number of thioether (sulfide) groups is 1. The zero-order chi connectivity index (χ0) is 21.9. The van der Waals surface area contributed by atoms with Crippen LogP contribution in [0, 0.1) is 0 Å². The average Bonchev–Trinajstić information content (AvgIpc) is 2.84. The average molecular weight is 438 g/mol. The lowest BCUT2D eigenvalue weighted by Gasteiger charge is -2.27. The number of para-hydroxylation sites is 1. The van der Waals surface area contributed by atoms with E-state index in [1.54, 1.807) is 19.1 Å². The Labute approximate surface area is 181 Å². The number of aliphatic carboxylic acids is 1. The maximum absolute atomic E-state index is 13.2. The van der Waals surface area contributed by atoms with Gasteiger partial charge in [0.2, 0.25) is 5.91 Å². The first-order valence-corrected chi connectivity index (χ1v) is 11.3. The van der Waals surface area contributed by atoms with Gasteiger partial charge in [-0.25, -0.2) is 0 Å². The molecule has 0 spiro atoms. The number of esters is 1. The number of anilines is 1. The van der Waals surface area contributed by atoms with Crippen molar-refractivity contribution in [1.82, 2.24) is 5.32 Å². The molecule has 9 heteroatoms. The van der Waals surface area contributed by atoms with Gasteiger partial charge in [0, 0.05) is 10.6 Å². The molecular weight excluding hydrogens is 406 g/mol. The second-order valence-electron chi connectivity index (χ2n) is 7.11. The number of nitrogens with one attached hydrogen (secondary N) is 1. The highest BCUT2D eigenvalue weighted by Crippen LogP contribution is 2.34. The molecule has 0 aromatic heterocycles. The summed E-state index contributed by atoms with van der Waals surface area (Å²) >= 11 is 1.47. The number of carboxylic acids is 1. The summed E-state index contributed by atoms with van der Waals surface area (Å²) in [5, 5.41) is 12.5. The fraction of sp³-hybridized carbons (Fsp3) is 0.571. The molecule has 2 atom stereocenters. The van der Waals surface area contributed by atoms with Crippen LogP contribution in [-0.4, -0.2) is 60.5 Å². The highest BCUT2D eigenvalue weighted by Gasteiger charge is 2.34. The lowest BCUT2D eigenvalue weighted by atomic mass is 10.1. The third kappa shape index (κ3) is 7.00. The number of hydrogen-bond acceptors (Lipinski definition) is 7. The smallest absolute Gasteiger partial charge is 0.323 e. The Bertz CT molecular complexity index is 730.